The Morgan fingerprint density at radius 1 is 0.974 bits per heavy atom. The summed E-state index contributed by atoms with van der Waals surface area (Å²) in [6, 6.07) is 0.534. The molecule has 1 heterocycles. The zero-order chi connectivity index (χ0) is 29.3. The molecule has 1 aromatic heterocycles. The van der Waals surface area contributed by atoms with Gasteiger partial charge in [-0.25, -0.2) is 9.98 Å². The second-order valence-corrected chi connectivity index (χ2v) is 9.63. The van der Waals surface area contributed by atoms with Gasteiger partial charge in [0.1, 0.15) is 0 Å². The van der Waals surface area contributed by atoms with Crippen molar-refractivity contribution in [3.8, 4) is 5.88 Å². The van der Waals surface area contributed by atoms with Crippen LogP contribution in [-0.2, 0) is 34.6 Å². The summed E-state index contributed by atoms with van der Waals surface area (Å²) in [5, 5.41) is 0. The summed E-state index contributed by atoms with van der Waals surface area (Å²) in [6.45, 7) is 5.13. The lowest BCUT2D eigenvalue weighted by Gasteiger charge is -2.19. The highest BCUT2D eigenvalue weighted by atomic mass is 79.9. The van der Waals surface area contributed by atoms with Gasteiger partial charge >= 0.3 is 24.5 Å². The fraction of sp³-hybridized carbons (Fsp3) is 0.500. The molecule has 16 heteroatoms. The molecule has 0 N–H and O–H groups in total. The zero-order valence-electron chi connectivity index (χ0n) is 20.2. The molecule has 0 fully saturated rings. The summed E-state index contributed by atoms with van der Waals surface area (Å²) in [4.78, 5) is 18.9. The summed E-state index contributed by atoms with van der Waals surface area (Å²) < 4.78 is 131. The van der Waals surface area contributed by atoms with E-state index in [9.17, 15) is 44.3 Å². The molecular weight excluding hydrogens is 605 g/mol. The Hall–Kier alpha value is -2.78. The average Bonchev–Trinajstić information content (AvgIpc) is 2.73. The smallest absolute Gasteiger partial charge is 0.433 e. The third-order valence-electron chi connectivity index (χ3n) is 4.64. The van der Waals surface area contributed by atoms with Crippen LogP contribution in [0.25, 0.3) is 0 Å². The molecule has 2 rings (SSSR count). The first kappa shape index (κ1) is 31.4. The first-order chi connectivity index (χ1) is 17.2. The first-order valence-corrected chi connectivity index (χ1v) is 11.5. The SMILES string of the molecule is CCCn1c(OCOC(=O)C(C)(C)C)cc(C(F)(F)F)nc1=Nc1cc(C(F)(F)F)cc(C(F)(F)F)c1Br. The van der Waals surface area contributed by atoms with E-state index in [0.717, 1.165) is 4.57 Å². The van der Waals surface area contributed by atoms with Crippen molar-refractivity contribution in [1.82, 2.24) is 9.55 Å². The van der Waals surface area contributed by atoms with Crippen molar-refractivity contribution in [1.29, 1.82) is 0 Å². The predicted molar refractivity (Wildman–Crippen MR) is 118 cm³/mol. The Bertz CT molecular complexity index is 1240. The van der Waals surface area contributed by atoms with E-state index in [1.54, 1.807) is 6.92 Å². The van der Waals surface area contributed by atoms with Crippen LogP contribution in [0.2, 0.25) is 0 Å². The molecule has 2 aromatic rings. The Kier molecular flexibility index (Phi) is 9.22. The fourth-order valence-electron chi connectivity index (χ4n) is 2.81. The van der Waals surface area contributed by atoms with Gasteiger partial charge in [0, 0.05) is 12.6 Å². The summed E-state index contributed by atoms with van der Waals surface area (Å²) in [5.74, 6) is -1.34. The molecule has 0 radical (unpaired) electrons. The lowest BCUT2D eigenvalue weighted by molar-refractivity contribution is -0.160. The Labute approximate surface area is 218 Å². The number of carbonyl (C=O) groups excluding carboxylic acids is 1. The number of hydrogen-bond acceptors (Lipinski definition) is 5. The van der Waals surface area contributed by atoms with Crippen molar-refractivity contribution in [3.05, 3.63) is 45.1 Å². The number of nitrogens with zero attached hydrogens (tertiary/aromatic N) is 3. The van der Waals surface area contributed by atoms with Crippen LogP contribution in [0.3, 0.4) is 0 Å². The molecule has 0 bridgehead atoms. The largest absolute Gasteiger partial charge is 0.442 e. The van der Waals surface area contributed by atoms with E-state index in [1.165, 1.54) is 20.8 Å². The van der Waals surface area contributed by atoms with Gasteiger partial charge in [0.05, 0.1) is 26.7 Å². The quantitative estimate of drug-likeness (QED) is 0.192. The molecule has 0 saturated carbocycles. The van der Waals surface area contributed by atoms with Crippen LogP contribution >= 0.6 is 15.9 Å². The van der Waals surface area contributed by atoms with Crippen LogP contribution in [0.1, 0.15) is 50.9 Å². The molecule has 0 saturated heterocycles. The van der Waals surface area contributed by atoms with E-state index in [0.29, 0.717) is 6.07 Å². The maximum absolute atomic E-state index is 13.6. The molecule has 0 amide bonds. The number of ether oxygens (including phenoxy) is 2. The second kappa shape index (κ2) is 11.1. The van der Waals surface area contributed by atoms with Crippen molar-refractivity contribution >= 4 is 27.6 Å². The van der Waals surface area contributed by atoms with Crippen LogP contribution in [0.4, 0.5) is 45.2 Å². The monoisotopic (exact) mass is 625 g/mol. The molecule has 0 aliphatic heterocycles. The lowest BCUT2D eigenvalue weighted by Crippen LogP contribution is -2.30. The summed E-state index contributed by atoms with van der Waals surface area (Å²) in [6.07, 6.45) is -15.4. The normalized spacial score (nSPS) is 13.6. The molecule has 38 heavy (non-hydrogen) atoms. The highest BCUT2D eigenvalue weighted by Gasteiger charge is 2.39. The van der Waals surface area contributed by atoms with E-state index in [-0.39, 0.29) is 25.1 Å². The van der Waals surface area contributed by atoms with Crippen LogP contribution in [-0.4, -0.2) is 22.3 Å². The minimum absolute atomic E-state index is 0.152. The molecule has 0 unspecified atom stereocenters. The van der Waals surface area contributed by atoms with E-state index >= 15 is 0 Å². The number of halogens is 10. The topological polar surface area (TPSA) is 65.7 Å². The maximum atomic E-state index is 13.6. The number of benzene rings is 1. The molecular formula is C22H21BrF9N3O3. The highest BCUT2D eigenvalue weighted by molar-refractivity contribution is 9.10. The van der Waals surface area contributed by atoms with Gasteiger partial charge in [0.15, 0.2) is 5.69 Å². The van der Waals surface area contributed by atoms with Crippen molar-refractivity contribution < 1.29 is 53.8 Å². The van der Waals surface area contributed by atoms with E-state index in [1.807, 2.05) is 0 Å². The summed E-state index contributed by atoms with van der Waals surface area (Å²) in [7, 11) is 0. The maximum Gasteiger partial charge on any atom is 0.433 e. The lowest BCUT2D eigenvalue weighted by atomic mass is 9.98. The Morgan fingerprint density at radius 3 is 2.05 bits per heavy atom. The van der Waals surface area contributed by atoms with E-state index in [2.05, 4.69) is 25.9 Å². The third-order valence-corrected chi connectivity index (χ3v) is 5.47. The van der Waals surface area contributed by atoms with Gasteiger partial charge in [-0.15, -0.1) is 0 Å². The van der Waals surface area contributed by atoms with Crippen LogP contribution in [0, 0.1) is 5.41 Å². The molecule has 1 aromatic carbocycles. The molecule has 0 aliphatic rings. The average molecular weight is 626 g/mol. The third kappa shape index (κ3) is 7.86. The van der Waals surface area contributed by atoms with Gasteiger partial charge in [0.2, 0.25) is 18.3 Å². The van der Waals surface area contributed by atoms with Crippen molar-refractivity contribution in [2.75, 3.05) is 6.79 Å². The highest BCUT2D eigenvalue weighted by Crippen LogP contribution is 2.44. The summed E-state index contributed by atoms with van der Waals surface area (Å²) in [5.41, 5.74) is -7.91. The number of hydrogen-bond donors (Lipinski definition) is 0. The Balaban J connectivity index is 2.82. The van der Waals surface area contributed by atoms with Gasteiger partial charge in [-0.1, -0.05) is 6.92 Å². The van der Waals surface area contributed by atoms with Crippen molar-refractivity contribution in [2.45, 2.75) is 59.2 Å². The van der Waals surface area contributed by atoms with Crippen LogP contribution in [0.15, 0.2) is 27.7 Å². The van der Waals surface area contributed by atoms with Crippen molar-refractivity contribution in [3.63, 3.8) is 0 Å². The summed E-state index contributed by atoms with van der Waals surface area (Å²) >= 11 is 2.56. The second-order valence-electron chi connectivity index (χ2n) is 8.84. The number of alkyl halides is 9. The molecule has 0 aliphatic carbocycles. The van der Waals surface area contributed by atoms with Gasteiger partial charge in [-0.3, -0.25) is 9.36 Å². The molecule has 6 nitrogen and oxygen atoms in total. The number of carbonyl (C=O) groups is 1. The van der Waals surface area contributed by atoms with Crippen LogP contribution in [0.5, 0.6) is 5.88 Å². The van der Waals surface area contributed by atoms with E-state index in [4.69, 9.17) is 9.47 Å². The number of esters is 1. The number of aromatic nitrogens is 2. The number of rotatable bonds is 6. The zero-order valence-corrected chi connectivity index (χ0v) is 21.8. The van der Waals surface area contributed by atoms with E-state index < -0.39 is 75.2 Å². The Morgan fingerprint density at radius 2 is 1.58 bits per heavy atom. The van der Waals surface area contributed by atoms with Gasteiger partial charge in [0.25, 0.3) is 0 Å². The molecule has 212 valence electrons. The standard InChI is InChI=1S/C22H21BrF9N3O3/c1-5-6-35-15(37-10-38-17(36)19(2,3)4)9-14(22(30,31)32)34-18(35)33-13-8-11(20(24,25)26)7-12(16(13)23)21(27,28)29/h7-9H,5-6,10H2,1-4H3. The minimum atomic E-state index is -5.25. The van der Waals surface area contributed by atoms with Gasteiger partial charge in [-0.2, -0.15) is 39.5 Å². The first-order valence-electron chi connectivity index (χ1n) is 10.7. The predicted octanol–water partition coefficient (Wildman–Crippen LogP) is 7.27. The van der Waals surface area contributed by atoms with Gasteiger partial charge in [-0.05, 0) is 55.3 Å². The molecule has 0 spiro atoms. The van der Waals surface area contributed by atoms with Gasteiger partial charge < -0.3 is 9.47 Å². The fourth-order valence-corrected chi connectivity index (χ4v) is 3.35. The van der Waals surface area contributed by atoms with Crippen molar-refractivity contribution in [2.24, 2.45) is 10.4 Å². The van der Waals surface area contributed by atoms with Crippen LogP contribution < -0.4 is 10.4 Å². The molecule has 0 atom stereocenters. The minimum Gasteiger partial charge on any atom is -0.442 e.